The number of aryl methyl sites for hydroxylation is 1. The molecule has 1 aliphatic carbocycles. The van der Waals surface area contributed by atoms with E-state index in [1.807, 2.05) is 19.1 Å². The summed E-state index contributed by atoms with van der Waals surface area (Å²) in [5.41, 5.74) is 2.57. The molecular formula is C15H21NO2. The fourth-order valence-electron chi connectivity index (χ4n) is 2.59. The van der Waals surface area contributed by atoms with E-state index in [0.717, 1.165) is 6.42 Å². The molecule has 0 radical (unpaired) electrons. The molecule has 3 heteroatoms. The Morgan fingerprint density at radius 1 is 1.44 bits per heavy atom. The molecule has 2 atom stereocenters. The average Bonchev–Trinajstić information content (AvgIpc) is 3.16. The van der Waals surface area contributed by atoms with Gasteiger partial charge in [0.1, 0.15) is 0 Å². The van der Waals surface area contributed by atoms with Gasteiger partial charge in [0.05, 0.1) is 6.61 Å². The van der Waals surface area contributed by atoms with Crippen LogP contribution in [0.3, 0.4) is 0 Å². The average molecular weight is 247 g/mol. The quantitative estimate of drug-likeness (QED) is 0.864. The number of benzene rings is 1. The van der Waals surface area contributed by atoms with Gasteiger partial charge >= 0.3 is 0 Å². The maximum atomic E-state index is 12.2. The summed E-state index contributed by atoms with van der Waals surface area (Å²) in [5, 5.41) is 8.95. The van der Waals surface area contributed by atoms with Crippen LogP contribution in [-0.4, -0.2) is 35.6 Å². The van der Waals surface area contributed by atoms with Gasteiger partial charge < -0.3 is 10.0 Å². The van der Waals surface area contributed by atoms with Crippen LogP contribution in [0.25, 0.3) is 0 Å². The summed E-state index contributed by atoms with van der Waals surface area (Å²) < 4.78 is 0. The molecule has 2 rings (SSSR count). The first-order chi connectivity index (χ1) is 8.69. The van der Waals surface area contributed by atoms with E-state index in [4.69, 9.17) is 5.11 Å². The van der Waals surface area contributed by atoms with E-state index in [-0.39, 0.29) is 18.4 Å². The summed E-state index contributed by atoms with van der Waals surface area (Å²) in [6, 6.07) is 8.28. The molecule has 0 aliphatic heterocycles. The number of aliphatic hydroxyl groups is 1. The number of amides is 1. The molecule has 1 aliphatic rings. The lowest BCUT2D eigenvalue weighted by Gasteiger charge is -2.19. The number of hydrogen-bond donors (Lipinski definition) is 1. The van der Waals surface area contributed by atoms with Crippen LogP contribution < -0.4 is 0 Å². The Morgan fingerprint density at radius 2 is 2.17 bits per heavy atom. The summed E-state index contributed by atoms with van der Waals surface area (Å²) in [5.74, 6) is 0.698. The Bertz CT molecular complexity index is 430. The van der Waals surface area contributed by atoms with Crippen LogP contribution in [0.1, 0.15) is 30.4 Å². The molecule has 3 nitrogen and oxygen atoms in total. The van der Waals surface area contributed by atoms with Crippen molar-refractivity contribution in [3.05, 3.63) is 35.4 Å². The third kappa shape index (κ3) is 2.56. The first-order valence-corrected chi connectivity index (χ1v) is 6.64. The van der Waals surface area contributed by atoms with Crippen molar-refractivity contribution in [3.63, 3.8) is 0 Å². The Hall–Kier alpha value is -1.35. The van der Waals surface area contributed by atoms with Crippen molar-refractivity contribution in [2.75, 3.05) is 19.7 Å². The molecule has 0 spiro atoms. The van der Waals surface area contributed by atoms with Crippen molar-refractivity contribution in [1.29, 1.82) is 0 Å². The van der Waals surface area contributed by atoms with E-state index in [1.165, 1.54) is 11.1 Å². The second-order valence-corrected chi connectivity index (χ2v) is 4.95. The monoisotopic (exact) mass is 247 g/mol. The number of hydrogen-bond acceptors (Lipinski definition) is 2. The minimum atomic E-state index is 0.0430. The molecular weight excluding hydrogens is 226 g/mol. The van der Waals surface area contributed by atoms with Crippen LogP contribution in [0.4, 0.5) is 0 Å². The molecule has 1 fully saturated rings. The Labute approximate surface area is 108 Å². The van der Waals surface area contributed by atoms with Crippen LogP contribution in [0.15, 0.2) is 24.3 Å². The largest absolute Gasteiger partial charge is 0.395 e. The zero-order chi connectivity index (χ0) is 13.1. The van der Waals surface area contributed by atoms with Crippen LogP contribution in [0.2, 0.25) is 0 Å². The highest BCUT2D eigenvalue weighted by atomic mass is 16.3. The number of aliphatic hydroxyl groups excluding tert-OH is 1. The van der Waals surface area contributed by atoms with E-state index in [2.05, 4.69) is 19.1 Å². The van der Waals surface area contributed by atoms with Crippen molar-refractivity contribution < 1.29 is 9.90 Å². The minimum absolute atomic E-state index is 0.0430. The van der Waals surface area contributed by atoms with Crippen molar-refractivity contribution in [3.8, 4) is 0 Å². The third-order valence-electron chi connectivity index (χ3n) is 3.76. The molecule has 0 heterocycles. The van der Waals surface area contributed by atoms with Gasteiger partial charge in [0, 0.05) is 19.0 Å². The molecule has 18 heavy (non-hydrogen) atoms. The first kappa shape index (κ1) is 13.1. The molecule has 2 unspecified atom stereocenters. The number of nitrogens with zero attached hydrogens (tertiary/aromatic N) is 1. The van der Waals surface area contributed by atoms with E-state index >= 15 is 0 Å². The highest BCUT2D eigenvalue weighted by Gasteiger charge is 2.45. The lowest BCUT2D eigenvalue weighted by atomic mass is 10.0. The fourth-order valence-corrected chi connectivity index (χ4v) is 2.59. The summed E-state index contributed by atoms with van der Waals surface area (Å²) >= 11 is 0. The Morgan fingerprint density at radius 3 is 2.78 bits per heavy atom. The standard InChI is InChI=1S/C15H21NO2/c1-3-16(8-9-17)15(18)14-10-13(14)12-7-5-4-6-11(12)2/h4-7,13-14,17H,3,8-10H2,1-2H3. The number of carbonyl (C=O) groups is 1. The smallest absolute Gasteiger partial charge is 0.226 e. The van der Waals surface area contributed by atoms with Gasteiger partial charge in [0.15, 0.2) is 0 Å². The fraction of sp³-hybridized carbons (Fsp3) is 0.533. The van der Waals surface area contributed by atoms with Gasteiger partial charge in [-0.1, -0.05) is 24.3 Å². The highest BCUT2D eigenvalue weighted by molar-refractivity contribution is 5.83. The van der Waals surface area contributed by atoms with Gasteiger partial charge in [0.2, 0.25) is 5.91 Å². The van der Waals surface area contributed by atoms with E-state index < -0.39 is 0 Å². The van der Waals surface area contributed by atoms with Crippen LogP contribution >= 0.6 is 0 Å². The number of carbonyl (C=O) groups excluding carboxylic acids is 1. The number of likely N-dealkylation sites (N-methyl/N-ethyl adjacent to an activating group) is 1. The molecule has 0 aromatic heterocycles. The zero-order valence-electron chi connectivity index (χ0n) is 11.1. The predicted molar refractivity (Wildman–Crippen MR) is 71.4 cm³/mol. The second kappa shape index (κ2) is 5.53. The summed E-state index contributed by atoms with van der Waals surface area (Å²) in [6.45, 7) is 5.23. The van der Waals surface area contributed by atoms with Crippen molar-refractivity contribution in [2.24, 2.45) is 5.92 Å². The topological polar surface area (TPSA) is 40.5 Å². The van der Waals surface area contributed by atoms with Crippen molar-refractivity contribution in [2.45, 2.75) is 26.2 Å². The summed E-state index contributed by atoms with van der Waals surface area (Å²) in [4.78, 5) is 14.0. The predicted octanol–water partition coefficient (Wildman–Crippen LogP) is 1.94. The van der Waals surface area contributed by atoms with Gasteiger partial charge in [0.25, 0.3) is 0 Å². The van der Waals surface area contributed by atoms with Crippen LogP contribution in [0.5, 0.6) is 0 Å². The molecule has 1 saturated carbocycles. The van der Waals surface area contributed by atoms with E-state index in [9.17, 15) is 4.79 Å². The summed E-state index contributed by atoms with van der Waals surface area (Å²) in [7, 11) is 0. The first-order valence-electron chi connectivity index (χ1n) is 6.64. The molecule has 1 aromatic carbocycles. The molecule has 1 N–H and O–H groups in total. The van der Waals surface area contributed by atoms with Gasteiger partial charge in [-0.3, -0.25) is 4.79 Å². The molecule has 0 saturated heterocycles. The molecule has 1 aromatic rings. The maximum Gasteiger partial charge on any atom is 0.226 e. The van der Waals surface area contributed by atoms with Gasteiger partial charge in [-0.25, -0.2) is 0 Å². The Kier molecular flexibility index (Phi) is 4.02. The van der Waals surface area contributed by atoms with E-state index in [0.29, 0.717) is 19.0 Å². The van der Waals surface area contributed by atoms with E-state index in [1.54, 1.807) is 4.90 Å². The lowest BCUT2D eigenvalue weighted by molar-refractivity contribution is -0.133. The zero-order valence-corrected chi connectivity index (χ0v) is 11.1. The van der Waals surface area contributed by atoms with Gasteiger partial charge in [-0.2, -0.15) is 0 Å². The molecule has 98 valence electrons. The maximum absolute atomic E-state index is 12.2. The van der Waals surface area contributed by atoms with Crippen LogP contribution in [0, 0.1) is 12.8 Å². The van der Waals surface area contributed by atoms with Crippen LogP contribution in [-0.2, 0) is 4.79 Å². The summed E-state index contributed by atoms with van der Waals surface area (Å²) in [6.07, 6.45) is 0.950. The molecule has 0 bridgehead atoms. The SMILES string of the molecule is CCN(CCO)C(=O)C1CC1c1ccccc1C. The molecule has 1 amide bonds. The van der Waals surface area contributed by atoms with Gasteiger partial charge in [-0.05, 0) is 37.3 Å². The third-order valence-corrected chi connectivity index (χ3v) is 3.76. The van der Waals surface area contributed by atoms with Gasteiger partial charge in [-0.15, -0.1) is 0 Å². The lowest BCUT2D eigenvalue weighted by Crippen LogP contribution is -2.34. The number of rotatable bonds is 5. The van der Waals surface area contributed by atoms with Crippen molar-refractivity contribution in [1.82, 2.24) is 4.90 Å². The highest BCUT2D eigenvalue weighted by Crippen LogP contribution is 2.49. The second-order valence-electron chi connectivity index (χ2n) is 4.95. The Balaban J connectivity index is 2.03. The minimum Gasteiger partial charge on any atom is -0.395 e. The van der Waals surface area contributed by atoms with Crippen molar-refractivity contribution >= 4 is 5.91 Å². The normalized spacial score (nSPS) is 21.7.